The highest BCUT2D eigenvalue weighted by molar-refractivity contribution is 5.94. The van der Waals surface area contributed by atoms with Gasteiger partial charge in [-0.1, -0.05) is 6.07 Å². The molecule has 0 radical (unpaired) electrons. The number of hydrogen-bond acceptors (Lipinski definition) is 7. The summed E-state index contributed by atoms with van der Waals surface area (Å²) in [4.78, 5) is 42.9. The van der Waals surface area contributed by atoms with E-state index in [1.165, 1.54) is 5.06 Å². The minimum absolute atomic E-state index is 0.151. The fourth-order valence-corrected chi connectivity index (χ4v) is 5.22. The molecule has 10 heteroatoms. The summed E-state index contributed by atoms with van der Waals surface area (Å²) in [5, 5.41) is 6.20. The molecule has 3 aromatic rings. The summed E-state index contributed by atoms with van der Waals surface area (Å²) in [5.41, 5.74) is 1.33. The minimum Gasteiger partial charge on any atom is -0.481 e. The summed E-state index contributed by atoms with van der Waals surface area (Å²) < 4.78 is 6.89. The van der Waals surface area contributed by atoms with Gasteiger partial charge >= 0.3 is 0 Å². The Morgan fingerprint density at radius 2 is 1.97 bits per heavy atom. The molecule has 1 saturated heterocycles. The van der Waals surface area contributed by atoms with Crippen molar-refractivity contribution in [2.24, 2.45) is 0 Å². The molecular weight excluding hydrogens is 484 g/mol. The van der Waals surface area contributed by atoms with Crippen LogP contribution in [0.25, 0.3) is 17.1 Å². The van der Waals surface area contributed by atoms with Gasteiger partial charge in [0, 0.05) is 18.8 Å². The molecule has 2 amide bonds. The van der Waals surface area contributed by atoms with Crippen LogP contribution in [0.2, 0.25) is 0 Å². The van der Waals surface area contributed by atoms with Gasteiger partial charge in [-0.2, -0.15) is 5.10 Å². The van der Waals surface area contributed by atoms with Gasteiger partial charge in [0.25, 0.3) is 5.91 Å². The Kier molecular flexibility index (Phi) is 6.92. The van der Waals surface area contributed by atoms with E-state index in [-0.39, 0.29) is 11.9 Å². The first kappa shape index (κ1) is 25.8. The molecule has 4 heterocycles. The van der Waals surface area contributed by atoms with Gasteiger partial charge in [0.2, 0.25) is 12.3 Å². The van der Waals surface area contributed by atoms with E-state index in [1.54, 1.807) is 36.3 Å². The van der Waals surface area contributed by atoms with E-state index in [2.05, 4.69) is 9.97 Å². The third-order valence-corrected chi connectivity index (χ3v) is 7.08. The second-order valence-corrected chi connectivity index (χ2v) is 10.8. The quantitative estimate of drug-likeness (QED) is 0.327. The Hall–Kier alpha value is -3.79. The van der Waals surface area contributed by atoms with E-state index >= 15 is 0 Å². The molecule has 0 N–H and O–H groups in total. The van der Waals surface area contributed by atoms with Crippen LogP contribution >= 0.6 is 0 Å². The van der Waals surface area contributed by atoms with E-state index in [4.69, 9.17) is 14.7 Å². The highest BCUT2D eigenvalue weighted by atomic mass is 16.7. The van der Waals surface area contributed by atoms with Crippen LogP contribution in [0.4, 0.5) is 0 Å². The van der Waals surface area contributed by atoms with E-state index in [1.807, 2.05) is 49.9 Å². The molecule has 3 aromatic heterocycles. The van der Waals surface area contributed by atoms with Crippen molar-refractivity contribution in [1.29, 1.82) is 0 Å². The Morgan fingerprint density at radius 1 is 1.16 bits per heavy atom. The summed E-state index contributed by atoms with van der Waals surface area (Å²) in [6, 6.07) is 10.8. The van der Waals surface area contributed by atoms with E-state index in [0.29, 0.717) is 35.2 Å². The van der Waals surface area contributed by atoms with Gasteiger partial charge in [0.15, 0.2) is 5.69 Å². The lowest BCUT2D eigenvalue weighted by molar-refractivity contribution is -0.246. The molecule has 200 valence electrons. The first-order chi connectivity index (χ1) is 18.3. The number of likely N-dealkylation sites (tertiary alicyclic amines) is 1. The maximum absolute atomic E-state index is 14.1. The zero-order valence-electron chi connectivity index (χ0n) is 22.3. The zero-order chi connectivity index (χ0) is 26.9. The summed E-state index contributed by atoms with van der Waals surface area (Å²) in [7, 11) is 1.56. The average Bonchev–Trinajstić information content (AvgIpc) is 3.62. The second-order valence-electron chi connectivity index (χ2n) is 10.8. The molecule has 1 unspecified atom stereocenters. The lowest BCUT2D eigenvalue weighted by atomic mass is 9.93. The van der Waals surface area contributed by atoms with Crippen molar-refractivity contribution in [2.45, 2.75) is 70.1 Å². The van der Waals surface area contributed by atoms with Gasteiger partial charge in [-0.05, 0) is 77.1 Å². The Labute approximate surface area is 222 Å². The number of carbonyl (C=O) groups excluding carboxylic acids is 2. The maximum atomic E-state index is 14.1. The highest BCUT2D eigenvalue weighted by Crippen LogP contribution is 2.49. The molecule has 10 nitrogen and oxygen atoms in total. The number of aromatic nitrogens is 4. The Bertz CT molecular complexity index is 1280. The number of hydrogen-bond donors (Lipinski definition) is 0. The summed E-state index contributed by atoms with van der Waals surface area (Å²) >= 11 is 0. The molecule has 1 atom stereocenters. The van der Waals surface area contributed by atoms with E-state index in [9.17, 15) is 9.59 Å². The zero-order valence-corrected chi connectivity index (χ0v) is 22.3. The number of carbonyl (C=O) groups is 2. The normalized spacial score (nSPS) is 18.6. The molecule has 0 aromatic carbocycles. The van der Waals surface area contributed by atoms with Gasteiger partial charge in [0.05, 0.1) is 47.6 Å². The number of methoxy groups -OCH3 is 1. The molecular formula is C28H34N6O4. The Morgan fingerprint density at radius 3 is 2.58 bits per heavy atom. The first-order valence-corrected chi connectivity index (χ1v) is 13.0. The van der Waals surface area contributed by atoms with Crippen LogP contribution in [0, 0.1) is 0 Å². The van der Waals surface area contributed by atoms with E-state index in [0.717, 1.165) is 38.5 Å². The maximum Gasteiger partial charge on any atom is 0.274 e. The second kappa shape index (κ2) is 10.2. The highest BCUT2D eigenvalue weighted by Gasteiger charge is 2.58. The van der Waals surface area contributed by atoms with Gasteiger partial charge in [-0.3, -0.25) is 19.4 Å². The fraction of sp³-hybridized carbons (Fsp3) is 0.464. The monoisotopic (exact) mass is 518 g/mol. The largest absolute Gasteiger partial charge is 0.481 e. The van der Waals surface area contributed by atoms with Crippen LogP contribution in [-0.2, 0) is 9.63 Å². The van der Waals surface area contributed by atoms with Crippen LogP contribution in [-0.4, -0.2) is 72.9 Å². The SMILES string of the molecule is COc1ccc(-n2nc(C(=O)N3CCCCC3C3(N(C=O)OC(C)(C)C)CC3)cc2-c2ccccn2)cn1. The lowest BCUT2D eigenvalue weighted by Gasteiger charge is -2.44. The number of rotatable bonds is 8. The van der Waals surface area contributed by atoms with Crippen LogP contribution in [0.3, 0.4) is 0 Å². The molecule has 1 saturated carbocycles. The topological polar surface area (TPSA) is 103 Å². The lowest BCUT2D eigenvalue weighted by Crippen LogP contribution is -2.58. The average molecular weight is 519 g/mol. The van der Waals surface area contributed by atoms with Crippen LogP contribution in [0.15, 0.2) is 48.8 Å². The van der Waals surface area contributed by atoms with Gasteiger partial charge in [-0.15, -0.1) is 0 Å². The molecule has 38 heavy (non-hydrogen) atoms. The number of amides is 2. The number of hydroxylamine groups is 2. The van der Waals surface area contributed by atoms with E-state index < -0.39 is 11.1 Å². The number of pyridine rings is 2. The van der Waals surface area contributed by atoms with Crippen molar-refractivity contribution >= 4 is 12.3 Å². The van der Waals surface area contributed by atoms with Crippen molar-refractivity contribution in [1.82, 2.24) is 29.7 Å². The standard InChI is InChI=1S/C28H34N6O4/c1-27(2,3)38-33(19-35)28(13-14-28)24-10-6-8-16-32(24)26(36)22-17-23(21-9-5-7-15-29-21)34(31-22)20-11-12-25(37-4)30-18-20/h5,7,9,11-12,15,17-19,24H,6,8,10,13-14,16H2,1-4H3. The van der Waals surface area contributed by atoms with Gasteiger partial charge < -0.3 is 9.64 Å². The smallest absolute Gasteiger partial charge is 0.274 e. The van der Waals surface area contributed by atoms with Gasteiger partial charge in [-0.25, -0.2) is 14.7 Å². The minimum atomic E-state index is -0.525. The number of ether oxygens (including phenoxy) is 1. The molecule has 5 rings (SSSR count). The van der Waals surface area contributed by atoms with Crippen molar-refractivity contribution in [2.75, 3.05) is 13.7 Å². The molecule has 2 fully saturated rings. The predicted octanol–water partition coefficient (Wildman–Crippen LogP) is 4.05. The molecule has 1 aliphatic heterocycles. The first-order valence-electron chi connectivity index (χ1n) is 13.0. The summed E-state index contributed by atoms with van der Waals surface area (Å²) in [6.45, 7) is 6.36. The number of nitrogens with zero attached hydrogens (tertiary/aromatic N) is 6. The van der Waals surface area contributed by atoms with Crippen LogP contribution in [0.1, 0.15) is 63.4 Å². The predicted molar refractivity (Wildman–Crippen MR) is 141 cm³/mol. The molecule has 0 spiro atoms. The van der Waals surface area contributed by atoms with Crippen LogP contribution in [0.5, 0.6) is 5.88 Å². The Balaban J connectivity index is 1.51. The summed E-state index contributed by atoms with van der Waals surface area (Å²) in [6.07, 6.45) is 8.41. The van der Waals surface area contributed by atoms with Crippen molar-refractivity contribution in [3.05, 3.63) is 54.5 Å². The molecule has 1 aliphatic carbocycles. The number of piperidine rings is 1. The third kappa shape index (κ3) is 5.00. The third-order valence-electron chi connectivity index (χ3n) is 7.08. The summed E-state index contributed by atoms with van der Waals surface area (Å²) in [5.74, 6) is 0.319. The van der Waals surface area contributed by atoms with Crippen LogP contribution < -0.4 is 4.74 Å². The van der Waals surface area contributed by atoms with Crippen molar-refractivity contribution < 1.29 is 19.2 Å². The molecule has 2 aliphatic rings. The van der Waals surface area contributed by atoms with Crippen molar-refractivity contribution in [3.8, 4) is 23.0 Å². The van der Waals surface area contributed by atoms with Crippen molar-refractivity contribution in [3.63, 3.8) is 0 Å². The fourth-order valence-electron chi connectivity index (χ4n) is 5.22. The molecule has 0 bridgehead atoms. The van der Waals surface area contributed by atoms with Gasteiger partial charge in [0.1, 0.15) is 0 Å².